The van der Waals surface area contributed by atoms with Gasteiger partial charge in [-0.05, 0) is 6.92 Å². The van der Waals surface area contributed by atoms with Gasteiger partial charge >= 0.3 is 0 Å². The number of hydrogen-bond donors (Lipinski definition) is 0. The molecule has 0 atom stereocenters. The second-order valence-electron chi connectivity index (χ2n) is 2.00. The van der Waals surface area contributed by atoms with Crippen molar-refractivity contribution >= 4 is 0 Å². The predicted molar refractivity (Wildman–Crippen MR) is 32.8 cm³/mol. The molecular weight excluding hydrogens is 100 g/mol. The Hall–Kier alpha value is -0.660. The summed E-state index contributed by atoms with van der Waals surface area (Å²) in [5.74, 6) is 0. The monoisotopic (exact) mass is 111 g/mol. The van der Waals surface area contributed by atoms with Crippen LogP contribution in [0.15, 0.2) is 6.20 Å². The molecule has 0 saturated carbocycles. The highest BCUT2D eigenvalue weighted by Gasteiger charge is 2.04. The van der Waals surface area contributed by atoms with Crippen LogP contribution in [-0.2, 0) is 0 Å². The fourth-order valence-electron chi connectivity index (χ4n) is 0.726. The largest absolute Gasteiger partial charge is 0.358 e. The summed E-state index contributed by atoms with van der Waals surface area (Å²) in [6.45, 7) is 4.21. The third-order valence-corrected chi connectivity index (χ3v) is 1.26. The molecule has 1 rings (SSSR count). The van der Waals surface area contributed by atoms with Gasteiger partial charge in [0.1, 0.15) is 0 Å². The highest BCUT2D eigenvalue weighted by Crippen LogP contribution is 1.99. The molecule has 1 aliphatic rings. The van der Waals surface area contributed by atoms with Crippen molar-refractivity contribution in [3.05, 3.63) is 12.4 Å². The summed E-state index contributed by atoms with van der Waals surface area (Å²) in [7, 11) is 2.02. The van der Waals surface area contributed by atoms with E-state index < -0.39 is 0 Å². The van der Waals surface area contributed by atoms with Crippen LogP contribution in [0.25, 0.3) is 0 Å². The number of hydrogen-bond acceptors (Lipinski definition) is 2. The fourth-order valence-corrected chi connectivity index (χ4v) is 0.726. The Morgan fingerprint density at radius 2 is 2.50 bits per heavy atom. The van der Waals surface area contributed by atoms with Crippen molar-refractivity contribution in [3.8, 4) is 0 Å². The topological polar surface area (TPSA) is 6.48 Å². The molecule has 2 nitrogen and oxygen atoms in total. The minimum Gasteiger partial charge on any atom is -0.358 e. The van der Waals surface area contributed by atoms with E-state index in [4.69, 9.17) is 0 Å². The molecule has 1 heterocycles. The fraction of sp³-hybridized carbons (Fsp3) is 0.667. The minimum absolute atomic E-state index is 0.997. The highest BCUT2D eigenvalue weighted by molar-refractivity contribution is 4.80. The molecule has 0 unspecified atom stereocenters. The first-order valence-electron chi connectivity index (χ1n) is 2.87. The van der Waals surface area contributed by atoms with Crippen LogP contribution in [0, 0.1) is 6.20 Å². The molecule has 0 fully saturated rings. The van der Waals surface area contributed by atoms with Crippen LogP contribution in [0.2, 0.25) is 0 Å². The van der Waals surface area contributed by atoms with E-state index in [0.29, 0.717) is 0 Å². The lowest BCUT2D eigenvalue weighted by Gasteiger charge is -2.14. The van der Waals surface area contributed by atoms with E-state index in [0.717, 1.165) is 13.2 Å². The summed E-state index contributed by atoms with van der Waals surface area (Å²) in [6.07, 6.45) is 5.04. The molecule has 0 saturated heterocycles. The SMILES string of the molecule is CCN1C=[C]N(C)C1. The first-order valence-corrected chi connectivity index (χ1v) is 2.87. The normalized spacial score (nSPS) is 18.2. The van der Waals surface area contributed by atoms with Gasteiger partial charge in [0.05, 0.1) is 12.9 Å². The van der Waals surface area contributed by atoms with E-state index in [2.05, 4.69) is 18.0 Å². The summed E-state index contributed by atoms with van der Waals surface area (Å²) in [5, 5.41) is 0. The zero-order valence-corrected chi connectivity index (χ0v) is 5.39. The van der Waals surface area contributed by atoms with E-state index in [1.807, 2.05) is 18.1 Å². The lowest BCUT2D eigenvalue weighted by molar-refractivity contribution is 0.303. The van der Waals surface area contributed by atoms with Gasteiger partial charge in [-0.25, -0.2) is 0 Å². The standard InChI is InChI=1S/C6H11N2/c1-3-8-5-4-7(2)6-8/h5H,3,6H2,1-2H3. The first-order chi connectivity index (χ1) is 3.83. The summed E-state index contributed by atoms with van der Waals surface area (Å²) in [5.41, 5.74) is 0. The van der Waals surface area contributed by atoms with Gasteiger partial charge in [-0.1, -0.05) is 0 Å². The smallest absolute Gasteiger partial charge is 0.0896 e. The molecule has 1 aliphatic heterocycles. The van der Waals surface area contributed by atoms with E-state index in [-0.39, 0.29) is 0 Å². The Balaban J connectivity index is 2.34. The van der Waals surface area contributed by atoms with E-state index in [1.54, 1.807) is 0 Å². The maximum Gasteiger partial charge on any atom is 0.0896 e. The van der Waals surface area contributed by atoms with Crippen LogP contribution in [0.4, 0.5) is 0 Å². The third-order valence-electron chi connectivity index (χ3n) is 1.26. The molecule has 0 bridgehead atoms. The van der Waals surface area contributed by atoms with Crippen LogP contribution in [0.3, 0.4) is 0 Å². The molecule has 45 valence electrons. The maximum absolute atomic E-state index is 3.05. The van der Waals surface area contributed by atoms with E-state index in [1.165, 1.54) is 0 Å². The molecule has 8 heavy (non-hydrogen) atoms. The van der Waals surface area contributed by atoms with Crippen LogP contribution >= 0.6 is 0 Å². The highest BCUT2D eigenvalue weighted by atomic mass is 15.3. The second-order valence-corrected chi connectivity index (χ2v) is 2.00. The molecule has 2 heteroatoms. The summed E-state index contributed by atoms with van der Waals surface area (Å²) in [6, 6.07) is 0. The Morgan fingerprint density at radius 1 is 1.75 bits per heavy atom. The van der Waals surface area contributed by atoms with Crippen LogP contribution in [0.1, 0.15) is 6.92 Å². The van der Waals surface area contributed by atoms with Crippen LogP contribution < -0.4 is 0 Å². The van der Waals surface area contributed by atoms with Gasteiger partial charge in [0.15, 0.2) is 0 Å². The maximum atomic E-state index is 3.05. The molecule has 0 aromatic heterocycles. The molecule has 0 amide bonds. The van der Waals surface area contributed by atoms with Gasteiger partial charge in [0, 0.05) is 19.8 Å². The zero-order valence-electron chi connectivity index (χ0n) is 5.39. The van der Waals surface area contributed by atoms with Crippen molar-refractivity contribution in [3.63, 3.8) is 0 Å². The first kappa shape index (κ1) is 5.48. The Bertz CT molecular complexity index is 98.7. The second kappa shape index (κ2) is 2.07. The Kier molecular flexibility index (Phi) is 1.42. The van der Waals surface area contributed by atoms with Crippen molar-refractivity contribution in [2.45, 2.75) is 6.92 Å². The quantitative estimate of drug-likeness (QED) is 0.485. The van der Waals surface area contributed by atoms with E-state index in [9.17, 15) is 0 Å². The Morgan fingerprint density at radius 3 is 2.75 bits per heavy atom. The molecule has 1 radical (unpaired) electrons. The van der Waals surface area contributed by atoms with Gasteiger partial charge in [-0.2, -0.15) is 0 Å². The lowest BCUT2D eigenvalue weighted by Crippen LogP contribution is -2.21. The van der Waals surface area contributed by atoms with Gasteiger partial charge in [-0.15, -0.1) is 0 Å². The lowest BCUT2D eigenvalue weighted by atomic mass is 10.6. The summed E-state index contributed by atoms with van der Waals surface area (Å²) in [4.78, 5) is 4.23. The van der Waals surface area contributed by atoms with Crippen LogP contribution in [0.5, 0.6) is 0 Å². The van der Waals surface area contributed by atoms with E-state index >= 15 is 0 Å². The summed E-state index contributed by atoms with van der Waals surface area (Å²) >= 11 is 0. The van der Waals surface area contributed by atoms with Gasteiger partial charge < -0.3 is 9.80 Å². The van der Waals surface area contributed by atoms with Crippen molar-refractivity contribution in [1.29, 1.82) is 0 Å². The zero-order chi connectivity index (χ0) is 5.98. The predicted octanol–water partition coefficient (Wildman–Crippen LogP) is 0.486. The van der Waals surface area contributed by atoms with Gasteiger partial charge in [-0.3, -0.25) is 0 Å². The Labute approximate surface area is 50.4 Å². The molecule has 0 N–H and O–H groups in total. The molecule has 0 aromatic rings. The number of rotatable bonds is 1. The molecule has 0 spiro atoms. The summed E-state index contributed by atoms with van der Waals surface area (Å²) < 4.78 is 0. The van der Waals surface area contributed by atoms with Crippen molar-refractivity contribution in [1.82, 2.24) is 9.80 Å². The average Bonchev–Trinajstić information content (AvgIpc) is 2.14. The van der Waals surface area contributed by atoms with Gasteiger partial charge in [0.2, 0.25) is 0 Å². The molecule has 0 aromatic carbocycles. The third kappa shape index (κ3) is 0.941. The van der Waals surface area contributed by atoms with Gasteiger partial charge in [0.25, 0.3) is 0 Å². The molecular formula is C6H11N2. The average molecular weight is 111 g/mol. The van der Waals surface area contributed by atoms with Crippen LogP contribution in [-0.4, -0.2) is 30.1 Å². The number of nitrogens with zero attached hydrogens (tertiary/aromatic N) is 2. The minimum atomic E-state index is 0.997. The van der Waals surface area contributed by atoms with Crippen molar-refractivity contribution in [2.75, 3.05) is 20.3 Å². The van der Waals surface area contributed by atoms with Crippen molar-refractivity contribution < 1.29 is 0 Å². The van der Waals surface area contributed by atoms with Crippen molar-refractivity contribution in [2.24, 2.45) is 0 Å². The molecule has 0 aliphatic carbocycles.